The van der Waals surface area contributed by atoms with E-state index in [1.807, 2.05) is 24.3 Å². The number of para-hydroxylation sites is 1. The standard InChI is InChI=1S/C27H34N8O6/c28-23(36)8-7-20(25(38)35-22(27(40)41)11-16-13-29-14-32-16)33-26(39)21(34-24(37)19-6-3-9-30-19)10-15-12-31-18-5-2-1-4-17(15)18/h1-2,4-5,12-14,19-22,30-31H,3,6-11H2,(H2,28,36)(H,29,32)(H,33,39)(H,34,37)(H,35,38)(H,40,41). The zero-order valence-electron chi connectivity index (χ0n) is 22.3. The van der Waals surface area contributed by atoms with Crippen molar-refractivity contribution >= 4 is 40.5 Å². The predicted molar refractivity (Wildman–Crippen MR) is 147 cm³/mol. The third-order valence-corrected chi connectivity index (χ3v) is 7.01. The zero-order valence-corrected chi connectivity index (χ0v) is 22.3. The molecule has 9 N–H and O–H groups in total. The van der Waals surface area contributed by atoms with Crippen LogP contribution in [0.1, 0.15) is 36.9 Å². The Kier molecular flexibility index (Phi) is 9.68. The molecule has 4 unspecified atom stereocenters. The van der Waals surface area contributed by atoms with Crippen LogP contribution in [0.25, 0.3) is 10.9 Å². The van der Waals surface area contributed by atoms with Crippen LogP contribution in [0.15, 0.2) is 43.0 Å². The molecule has 41 heavy (non-hydrogen) atoms. The number of carbonyl (C=O) groups excluding carboxylic acids is 4. The summed E-state index contributed by atoms with van der Waals surface area (Å²) in [5, 5.41) is 21.5. The van der Waals surface area contributed by atoms with E-state index in [4.69, 9.17) is 5.73 Å². The van der Waals surface area contributed by atoms with Gasteiger partial charge in [-0.25, -0.2) is 9.78 Å². The van der Waals surface area contributed by atoms with Crippen molar-refractivity contribution in [3.05, 3.63) is 54.2 Å². The average molecular weight is 567 g/mol. The maximum absolute atomic E-state index is 13.6. The number of aromatic nitrogens is 3. The molecule has 4 amide bonds. The van der Waals surface area contributed by atoms with Crippen LogP contribution in [0.3, 0.4) is 0 Å². The summed E-state index contributed by atoms with van der Waals surface area (Å²) in [4.78, 5) is 72.9. The minimum absolute atomic E-state index is 0.0782. The SMILES string of the molecule is NC(=O)CCC(NC(=O)C(Cc1c[nH]c2ccccc12)NC(=O)C1CCCN1)C(=O)NC(Cc1cnc[nH]1)C(=O)O. The van der Waals surface area contributed by atoms with Crippen molar-refractivity contribution in [2.45, 2.75) is 62.7 Å². The van der Waals surface area contributed by atoms with Crippen LogP contribution in [0.2, 0.25) is 0 Å². The van der Waals surface area contributed by atoms with E-state index >= 15 is 0 Å². The summed E-state index contributed by atoms with van der Waals surface area (Å²) in [6.07, 6.45) is 5.68. The summed E-state index contributed by atoms with van der Waals surface area (Å²) >= 11 is 0. The second-order valence-corrected chi connectivity index (χ2v) is 10.0. The molecule has 1 fully saturated rings. The van der Waals surface area contributed by atoms with Gasteiger partial charge in [0.15, 0.2) is 0 Å². The van der Waals surface area contributed by atoms with Gasteiger partial charge < -0.3 is 42.1 Å². The van der Waals surface area contributed by atoms with E-state index in [0.717, 1.165) is 22.9 Å². The molecule has 1 aliphatic rings. The highest BCUT2D eigenvalue weighted by Gasteiger charge is 2.32. The van der Waals surface area contributed by atoms with Crippen LogP contribution in [0.4, 0.5) is 0 Å². The van der Waals surface area contributed by atoms with Gasteiger partial charge in [-0.15, -0.1) is 0 Å². The molecule has 0 bridgehead atoms. The maximum atomic E-state index is 13.6. The molecule has 2 aromatic heterocycles. The van der Waals surface area contributed by atoms with E-state index in [1.54, 1.807) is 6.20 Å². The number of carboxylic acids is 1. The molecular formula is C27H34N8O6. The first-order valence-corrected chi connectivity index (χ1v) is 13.4. The highest BCUT2D eigenvalue weighted by Crippen LogP contribution is 2.19. The van der Waals surface area contributed by atoms with Gasteiger partial charge in [-0.3, -0.25) is 19.2 Å². The number of imidazole rings is 1. The number of nitrogens with zero attached hydrogens (tertiary/aromatic N) is 1. The number of nitrogens with two attached hydrogens (primary N) is 1. The Morgan fingerprint density at radius 2 is 1.76 bits per heavy atom. The molecule has 14 nitrogen and oxygen atoms in total. The molecule has 3 aromatic rings. The summed E-state index contributed by atoms with van der Waals surface area (Å²) in [5.74, 6) is -3.79. The lowest BCUT2D eigenvalue weighted by atomic mass is 10.0. The molecule has 0 spiro atoms. The Morgan fingerprint density at radius 3 is 2.44 bits per heavy atom. The fraction of sp³-hybridized carbons (Fsp3) is 0.407. The molecule has 0 saturated carbocycles. The minimum Gasteiger partial charge on any atom is -0.480 e. The highest BCUT2D eigenvalue weighted by molar-refractivity contribution is 5.95. The van der Waals surface area contributed by atoms with Crippen molar-refractivity contribution < 1.29 is 29.1 Å². The van der Waals surface area contributed by atoms with E-state index in [-0.39, 0.29) is 31.6 Å². The molecule has 0 radical (unpaired) electrons. The Hall–Kier alpha value is -4.72. The quantitative estimate of drug-likeness (QED) is 0.123. The molecule has 1 aliphatic heterocycles. The summed E-state index contributed by atoms with van der Waals surface area (Å²) in [6.45, 7) is 0.691. The number of rotatable bonds is 14. The Bertz CT molecular complexity index is 1380. The lowest BCUT2D eigenvalue weighted by Gasteiger charge is -2.25. The number of amides is 4. The molecule has 1 aromatic carbocycles. The molecule has 0 aliphatic carbocycles. The van der Waals surface area contributed by atoms with Crippen LogP contribution in [0, 0.1) is 0 Å². The Morgan fingerprint density at radius 1 is 1.00 bits per heavy atom. The normalized spacial score (nSPS) is 16.9. The summed E-state index contributed by atoms with van der Waals surface area (Å²) in [5.41, 5.74) is 7.42. The molecule has 14 heteroatoms. The largest absolute Gasteiger partial charge is 0.480 e. The smallest absolute Gasteiger partial charge is 0.326 e. The van der Waals surface area contributed by atoms with Crippen LogP contribution < -0.4 is 27.0 Å². The minimum atomic E-state index is -1.33. The first-order chi connectivity index (χ1) is 19.7. The van der Waals surface area contributed by atoms with Crippen molar-refractivity contribution in [3.63, 3.8) is 0 Å². The number of carbonyl (C=O) groups is 5. The van der Waals surface area contributed by atoms with E-state index < -0.39 is 47.9 Å². The number of aromatic amines is 2. The van der Waals surface area contributed by atoms with E-state index in [0.29, 0.717) is 18.7 Å². The number of primary amides is 1. The summed E-state index contributed by atoms with van der Waals surface area (Å²) < 4.78 is 0. The topological polar surface area (TPSA) is 224 Å². The average Bonchev–Trinajstić information content (AvgIpc) is 3.73. The van der Waals surface area contributed by atoms with Gasteiger partial charge in [-0.2, -0.15) is 0 Å². The van der Waals surface area contributed by atoms with Crippen molar-refractivity contribution in [3.8, 4) is 0 Å². The molecular weight excluding hydrogens is 532 g/mol. The van der Waals surface area contributed by atoms with Gasteiger partial charge in [0.25, 0.3) is 0 Å². The number of hydrogen-bond acceptors (Lipinski definition) is 7. The summed E-state index contributed by atoms with van der Waals surface area (Å²) in [6, 6.07) is 3.40. The number of carboxylic acid groups (broad SMARTS) is 1. The first-order valence-electron chi connectivity index (χ1n) is 13.4. The third-order valence-electron chi connectivity index (χ3n) is 7.01. The van der Waals surface area contributed by atoms with Gasteiger partial charge in [-0.05, 0) is 37.4 Å². The number of aliphatic carboxylic acids is 1. The zero-order chi connectivity index (χ0) is 29.4. The molecule has 3 heterocycles. The predicted octanol–water partition coefficient (Wildman–Crippen LogP) is -0.767. The van der Waals surface area contributed by atoms with E-state index in [1.165, 1.54) is 12.5 Å². The van der Waals surface area contributed by atoms with Crippen molar-refractivity contribution in [2.24, 2.45) is 5.73 Å². The van der Waals surface area contributed by atoms with Gasteiger partial charge >= 0.3 is 5.97 Å². The maximum Gasteiger partial charge on any atom is 0.326 e. The van der Waals surface area contributed by atoms with Gasteiger partial charge in [0.2, 0.25) is 23.6 Å². The lowest BCUT2D eigenvalue weighted by Crippen LogP contribution is -2.57. The summed E-state index contributed by atoms with van der Waals surface area (Å²) in [7, 11) is 0. The van der Waals surface area contributed by atoms with E-state index in [9.17, 15) is 29.1 Å². The fourth-order valence-corrected chi connectivity index (χ4v) is 4.83. The number of benzene rings is 1. The van der Waals surface area contributed by atoms with E-state index in [2.05, 4.69) is 36.2 Å². The van der Waals surface area contributed by atoms with Crippen LogP contribution >= 0.6 is 0 Å². The number of H-pyrrole nitrogens is 2. The molecule has 1 saturated heterocycles. The van der Waals surface area contributed by atoms with Crippen molar-refractivity contribution in [1.82, 2.24) is 36.2 Å². The van der Waals surface area contributed by atoms with Gasteiger partial charge in [0.1, 0.15) is 18.1 Å². The van der Waals surface area contributed by atoms with Crippen molar-refractivity contribution in [2.75, 3.05) is 6.54 Å². The van der Waals surface area contributed by atoms with Gasteiger partial charge in [-0.1, -0.05) is 18.2 Å². The fourth-order valence-electron chi connectivity index (χ4n) is 4.83. The third kappa shape index (κ3) is 7.91. The van der Waals surface area contributed by atoms with Gasteiger partial charge in [0, 0.05) is 48.3 Å². The molecule has 4 atom stereocenters. The Balaban J connectivity index is 1.53. The van der Waals surface area contributed by atoms with Gasteiger partial charge in [0.05, 0.1) is 12.4 Å². The number of fused-ring (bicyclic) bond motifs is 1. The second-order valence-electron chi connectivity index (χ2n) is 10.0. The number of nitrogens with one attached hydrogen (secondary N) is 6. The van der Waals surface area contributed by atoms with Crippen LogP contribution in [-0.2, 0) is 36.8 Å². The monoisotopic (exact) mass is 566 g/mol. The molecule has 4 rings (SSSR count). The first kappa shape index (κ1) is 29.3. The molecule has 218 valence electrons. The number of hydrogen-bond donors (Lipinski definition) is 8. The highest BCUT2D eigenvalue weighted by atomic mass is 16.4. The second kappa shape index (κ2) is 13.6. The Labute approximate surface area is 235 Å². The van der Waals surface area contributed by atoms with Crippen LogP contribution in [-0.4, -0.2) is 80.4 Å². The van der Waals surface area contributed by atoms with Crippen LogP contribution in [0.5, 0.6) is 0 Å². The lowest BCUT2D eigenvalue weighted by molar-refractivity contribution is -0.142. The van der Waals surface area contributed by atoms with Crippen molar-refractivity contribution in [1.29, 1.82) is 0 Å².